The molecule has 0 aliphatic heterocycles. The van der Waals surface area contributed by atoms with Gasteiger partial charge in [-0.3, -0.25) is 0 Å². The third-order valence-electron chi connectivity index (χ3n) is 4.04. The summed E-state index contributed by atoms with van der Waals surface area (Å²) in [6.07, 6.45) is -4.38. The SMILES string of the molecule is CCn1c(SCc2nc(-c3ccc(C(F)(F)F)cc3)no2)nnc1-c1cccs1. The fraction of sp³-hybridized carbons (Fsp3) is 0.222. The first-order valence-corrected chi connectivity index (χ1v) is 10.4. The maximum atomic E-state index is 12.7. The minimum Gasteiger partial charge on any atom is -0.338 e. The van der Waals surface area contributed by atoms with Crippen molar-refractivity contribution in [1.29, 1.82) is 0 Å². The van der Waals surface area contributed by atoms with Crippen molar-refractivity contribution in [2.45, 2.75) is 30.6 Å². The van der Waals surface area contributed by atoms with E-state index in [4.69, 9.17) is 4.52 Å². The smallest absolute Gasteiger partial charge is 0.338 e. The molecule has 0 N–H and O–H groups in total. The number of thiophene rings is 1. The number of hydrogen-bond donors (Lipinski definition) is 0. The van der Waals surface area contributed by atoms with Crippen LogP contribution in [0.25, 0.3) is 22.1 Å². The van der Waals surface area contributed by atoms with E-state index in [1.54, 1.807) is 11.3 Å². The third kappa shape index (κ3) is 4.20. The molecule has 0 aliphatic rings. The van der Waals surface area contributed by atoms with E-state index in [2.05, 4.69) is 20.3 Å². The van der Waals surface area contributed by atoms with Crippen molar-refractivity contribution in [2.24, 2.45) is 0 Å². The highest BCUT2D eigenvalue weighted by molar-refractivity contribution is 7.98. The van der Waals surface area contributed by atoms with Crippen LogP contribution >= 0.6 is 23.1 Å². The standard InChI is InChI=1S/C18H14F3N5OS2/c1-2-26-16(13-4-3-9-28-13)23-24-17(26)29-10-14-22-15(25-27-14)11-5-7-12(8-6-11)18(19,20)21/h3-9H,2,10H2,1H3. The maximum Gasteiger partial charge on any atom is 0.416 e. The summed E-state index contributed by atoms with van der Waals surface area (Å²) < 4.78 is 45.3. The van der Waals surface area contributed by atoms with E-state index >= 15 is 0 Å². The molecular weight excluding hydrogens is 423 g/mol. The van der Waals surface area contributed by atoms with Gasteiger partial charge in [0.25, 0.3) is 0 Å². The summed E-state index contributed by atoms with van der Waals surface area (Å²) in [6.45, 7) is 2.73. The van der Waals surface area contributed by atoms with E-state index in [-0.39, 0.29) is 5.82 Å². The van der Waals surface area contributed by atoms with Gasteiger partial charge in [0, 0.05) is 12.1 Å². The molecule has 0 fully saturated rings. The van der Waals surface area contributed by atoms with Crippen molar-refractivity contribution in [2.75, 3.05) is 0 Å². The fourth-order valence-corrected chi connectivity index (χ4v) is 4.19. The van der Waals surface area contributed by atoms with Gasteiger partial charge in [0.1, 0.15) is 0 Å². The lowest BCUT2D eigenvalue weighted by Gasteiger charge is -2.05. The van der Waals surface area contributed by atoms with Crippen LogP contribution in [0.4, 0.5) is 13.2 Å². The lowest BCUT2D eigenvalue weighted by Crippen LogP contribution is -2.04. The summed E-state index contributed by atoms with van der Waals surface area (Å²) in [6, 6.07) is 8.59. The first-order chi connectivity index (χ1) is 14.0. The van der Waals surface area contributed by atoms with Crippen LogP contribution in [0.3, 0.4) is 0 Å². The molecule has 29 heavy (non-hydrogen) atoms. The predicted molar refractivity (Wildman–Crippen MR) is 103 cm³/mol. The van der Waals surface area contributed by atoms with E-state index in [0.717, 1.165) is 28.0 Å². The Morgan fingerprint density at radius 1 is 1.14 bits per heavy atom. The zero-order valence-corrected chi connectivity index (χ0v) is 16.7. The Hall–Kier alpha value is -2.66. The van der Waals surface area contributed by atoms with Crippen LogP contribution in [-0.2, 0) is 18.5 Å². The number of thioether (sulfide) groups is 1. The van der Waals surface area contributed by atoms with Crippen LogP contribution < -0.4 is 0 Å². The lowest BCUT2D eigenvalue weighted by atomic mass is 10.1. The number of halogens is 3. The van der Waals surface area contributed by atoms with Crippen molar-refractivity contribution in [1.82, 2.24) is 24.9 Å². The second kappa shape index (κ2) is 7.99. The largest absolute Gasteiger partial charge is 0.416 e. The summed E-state index contributed by atoms with van der Waals surface area (Å²) in [4.78, 5) is 5.30. The van der Waals surface area contributed by atoms with Crippen molar-refractivity contribution in [3.63, 3.8) is 0 Å². The first kappa shape index (κ1) is 19.6. The molecule has 150 valence electrons. The van der Waals surface area contributed by atoms with Gasteiger partial charge < -0.3 is 9.09 Å². The molecule has 4 rings (SSSR count). The van der Waals surface area contributed by atoms with E-state index in [9.17, 15) is 13.2 Å². The van der Waals surface area contributed by atoms with Gasteiger partial charge in [-0.25, -0.2) is 0 Å². The first-order valence-electron chi connectivity index (χ1n) is 8.56. The zero-order valence-electron chi connectivity index (χ0n) is 15.1. The third-order valence-corrected chi connectivity index (χ3v) is 5.86. The Labute approximate surface area is 171 Å². The second-order valence-corrected chi connectivity index (χ2v) is 7.79. The molecule has 6 nitrogen and oxygen atoms in total. The maximum absolute atomic E-state index is 12.7. The Balaban J connectivity index is 1.46. The number of alkyl halides is 3. The van der Waals surface area contributed by atoms with Crippen LogP contribution in [0.5, 0.6) is 0 Å². The molecular formula is C18H14F3N5OS2. The summed E-state index contributed by atoms with van der Waals surface area (Å²) in [7, 11) is 0. The van der Waals surface area contributed by atoms with E-state index in [1.165, 1.54) is 23.9 Å². The average Bonchev–Trinajstić information content (AvgIpc) is 3.45. The van der Waals surface area contributed by atoms with Crippen LogP contribution in [0.1, 0.15) is 18.4 Å². The highest BCUT2D eigenvalue weighted by atomic mass is 32.2. The number of hydrogen-bond acceptors (Lipinski definition) is 7. The second-order valence-electron chi connectivity index (χ2n) is 5.90. The van der Waals surface area contributed by atoms with Gasteiger partial charge in [0.05, 0.1) is 16.2 Å². The highest BCUT2D eigenvalue weighted by Crippen LogP contribution is 2.31. The summed E-state index contributed by atoms with van der Waals surface area (Å²) >= 11 is 3.00. The summed E-state index contributed by atoms with van der Waals surface area (Å²) in [5.74, 6) is 1.77. The topological polar surface area (TPSA) is 69.6 Å². The summed E-state index contributed by atoms with van der Waals surface area (Å²) in [5, 5.41) is 15.1. The van der Waals surface area contributed by atoms with Gasteiger partial charge in [-0.05, 0) is 30.5 Å². The summed E-state index contributed by atoms with van der Waals surface area (Å²) in [5.41, 5.74) is -0.268. The average molecular weight is 437 g/mol. The highest BCUT2D eigenvalue weighted by Gasteiger charge is 2.30. The van der Waals surface area contributed by atoms with Gasteiger partial charge in [-0.15, -0.1) is 21.5 Å². The normalized spacial score (nSPS) is 11.9. The van der Waals surface area contributed by atoms with Crippen LogP contribution in [0.2, 0.25) is 0 Å². The molecule has 3 aromatic heterocycles. The molecule has 0 atom stereocenters. The Morgan fingerprint density at radius 3 is 2.59 bits per heavy atom. The monoisotopic (exact) mass is 437 g/mol. The van der Waals surface area contributed by atoms with Gasteiger partial charge in [0.2, 0.25) is 11.7 Å². The zero-order chi connectivity index (χ0) is 20.4. The van der Waals surface area contributed by atoms with E-state index in [1.807, 2.05) is 29.0 Å². The van der Waals surface area contributed by atoms with E-state index in [0.29, 0.717) is 23.8 Å². The van der Waals surface area contributed by atoms with Gasteiger partial charge >= 0.3 is 6.18 Å². The Kier molecular flexibility index (Phi) is 5.41. The van der Waals surface area contributed by atoms with Crippen molar-refractivity contribution < 1.29 is 17.7 Å². The number of rotatable bonds is 6. The van der Waals surface area contributed by atoms with Gasteiger partial charge in [-0.2, -0.15) is 18.2 Å². The minimum absolute atomic E-state index is 0.241. The Morgan fingerprint density at radius 2 is 1.93 bits per heavy atom. The quantitative estimate of drug-likeness (QED) is 0.377. The van der Waals surface area contributed by atoms with Crippen LogP contribution in [0.15, 0.2) is 51.5 Å². The van der Waals surface area contributed by atoms with Gasteiger partial charge in [0.15, 0.2) is 11.0 Å². The predicted octanol–water partition coefficient (Wildman–Crippen LogP) is 5.39. The van der Waals surface area contributed by atoms with Crippen molar-refractivity contribution in [3.05, 3.63) is 53.2 Å². The number of nitrogens with zero attached hydrogens (tertiary/aromatic N) is 5. The molecule has 0 saturated carbocycles. The Bertz CT molecular complexity index is 1090. The molecule has 0 bridgehead atoms. The minimum atomic E-state index is -4.38. The molecule has 1 aromatic carbocycles. The molecule has 0 amide bonds. The molecule has 0 aliphatic carbocycles. The lowest BCUT2D eigenvalue weighted by molar-refractivity contribution is -0.137. The fourth-order valence-electron chi connectivity index (χ4n) is 2.63. The van der Waals surface area contributed by atoms with Crippen LogP contribution in [-0.4, -0.2) is 24.9 Å². The molecule has 0 radical (unpaired) electrons. The molecule has 11 heteroatoms. The van der Waals surface area contributed by atoms with Crippen LogP contribution in [0, 0.1) is 0 Å². The molecule has 4 aromatic rings. The molecule has 0 spiro atoms. The van der Waals surface area contributed by atoms with Crippen molar-refractivity contribution in [3.8, 4) is 22.1 Å². The van der Waals surface area contributed by atoms with Gasteiger partial charge in [-0.1, -0.05) is 35.1 Å². The number of benzene rings is 1. The number of aromatic nitrogens is 5. The van der Waals surface area contributed by atoms with Crippen molar-refractivity contribution >= 4 is 23.1 Å². The molecule has 0 unspecified atom stereocenters. The molecule has 0 saturated heterocycles. The van der Waals surface area contributed by atoms with E-state index < -0.39 is 11.7 Å². The molecule has 3 heterocycles.